The van der Waals surface area contributed by atoms with Gasteiger partial charge in [-0.3, -0.25) is 4.98 Å². The van der Waals surface area contributed by atoms with E-state index >= 15 is 0 Å². The van der Waals surface area contributed by atoms with Crippen molar-refractivity contribution in [2.75, 3.05) is 29.5 Å². The van der Waals surface area contributed by atoms with Crippen LogP contribution in [0, 0.1) is 6.92 Å². The molecule has 0 amide bonds. The third-order valence-electron chi connectivity index (χ3n) is 4.53. The van der Waals surface area contributed by atoms with E-state index in [1.165, 1.54) is 6.33 Å². The summed E-state index contributed by atoms with van der Waals surface area (Å²) in [4.78, 5) is 13.1. The highest BCUT2D eigenvalue weighted by atomic mass is 16.5. The SMILES string of the molecule is Cc1ccc2c(Nc3ncnc(NCC4CCCO4)c3N)cccc2n1. The molecular weight excluding hydrogens is 328 g/mol. The number of nitrogens with zero attached hydrogens (tertiary/aromatic N) is 3. The van der Waals surface area contributed by atoms with Crippen molar-refractivity contribution in [3.8, 4) is 0 Å². The molecule has 1 aliphatic heterocycles. The first-order valence-corrected chi connectivity index (χ1v) is 8.80. The van der Waals surface area contributed by atoms with Gasteiger partial charge in [-0.15, -0.1) is 0 Å². The summed E-state index contributed by atoms with van der Waals surface area (Å²) in [6, 6.07) is 9.98. The number of nitrogen functional groups attached to an aromatic ring is 1. The minimum Gasteiger partial charge on any atom is -0.393 e. The van der Waals surface area contributed by atoms with Crippen molar-refractivity contribution in [3.63, 3.8) is 0 Å². The third-order valence-corrected chi connectivity index (χ3v) is 4.53. The fourth-order valence-electron chi connectivity index (χ4n) is 3.15. The Balaban J connectivity index is 1.57. The summed E-state index contributed by atoms with van der Waals surface area (Å²) < 4.78 is 5.63. The normalized spacial score (nSPS) is 16.7. The first-order chi connectivity index (χ1) is 12.7. The van der Waals surface area contributed by atoms with Gasteiger partial charge in [0, 0.05) is 29.9 Å². The molecule has 26 heavy (non-hydrogen) atoms. The maximum Gasteiger partial charge on any atom is 0.159 e. The highest BCUT2D eigenvalue weighted by Gasteiger charge is 2.16. The van der Waals surface area contributed by atoms with E-state index in [0.29, 0.717) is 23.9 Å². The molecule has 0 radical (unpaired) electrons. The lowest BCUT2D eigenvalue weighted by molar-refractivity contribution is 0.120. The standard InChI is InChI=1S/C19H22N6O/c1-12-7-8-14-15(24-12)5-2-6-16(14)25-19-17(20)18(22-11-23-19)21-10-13-4-3-9-26-13/h2,5-8,11,13H,3-4,9-10,20H2,1H3,(H2,21,22,23,25). The maximum absolute atomic E-state index is 6.28. The van der Waals surface area contributed by atoms with Crippen molar-refractivity contribution >= 4 is 33.9 Å². The molecule has 3 aromatic rings. The number of anilines is 4. The van der Waals surface area contributed by atoms with E-state index in [0.717, 1.165) is 41.7 Å². The second-order valence-electron chi connectivity index (χ2n) is 6.45. The molecule has 0 saturated carbocycles. The molecule has 1 fully saturated rings. The summed E-state index contributed by atoms with van der Waals surface area (Å²) in [6.45, 7) is 3.50. The van der Waals surface area contributed by atoms with Gasteiger partial charge in [-0.25, -0.2) is 9.97 Å². The van der Waals surface area contributed by atoms with Gasteiger partial charge in [-0.1, -0.05) is 6.07 Å². The number of fused-ring (bicyclic) bond motifs is 1. The van der Waals surface area contributed by atoms with Gasteiger partial charge in [0.2, 0.25) is 0 Å². The van der Waals surface area contributed by atoms with Crippen molar-refractivity contribution in [1.29, 1.82) is 0 Å². The fraction of sp³-hybridized carbons (Fsp3) is 0.316. The molecule has 4 N–H and O–H groups in total. The van der Waals surface area contributed by atoms with E-state index in [9.17, 15) is 0 Å². The second kappa shape index (κ2) is 7.13. The summed E-state index contributed by atoms with van der Waals surface area (Å²) in [5.41, 5.74) is 9.59. The van der Waals surface area contributed by atoms with E-state index in [4.69, 9.17) is 10.5 Å². The summed E-state index contributed by atoms with van der Waals surface area (Å²) in [5, 5.41) is 7.61. The molecule has 4 rings (SSSR count). The predicted molar refractivity (Wildman–Crippen MR) is 104 cm³/mol. The van der Waals surface area contributed by atoms with Crippen molar-refractivity contribution in [2.45, 2.75) is 25.9 Å². The number of hydrogen-bond donors (Lipinski definition) is 3. The van der Waals surface area contributed by atoms with Crippen LogP contribution in [0.4, 0.5) is 23.0 Å². The zero-order valence-electron chi connectivity index (χ0n) is 14.7. The first-order valence-electron chi connectivity index (χ1n) is 8.80. The third kappa shape index (κ3) is 3.39. The quantitative estimate of drug-likeness (QED) is 0.650. The van der Waals surface area contributed by atoms with Crippen LogP contribution >= 0.6 is 0 Å². The van der Waals surface area contributed by atoms with Crippen LogP contribution < -0.4 is 16.4 Å². The van der Waals surface area contributed by atoms with Crippen LogP contribution in [-0.4, -0.2) is 34.2 Å². The van der Waals surface area contributed by atoms with E-state index in [2.05, 4.69) is 25.6 Å². The number of benzene rings is 1. The molecular formula is C19H22N6O. The van der Waals surface area contributed by atoms with E-state index in [1.54, 1.807) is 0 Å². The number of aryl methyl sites for hydroxylation is 1. The average Bonchev–Trinajstić information content (AvgIpc) is 3.16. The molecule has 1 saturated heterocycles. The lowest BCUT2D eigenvalue weighted by atomic mass is 10.1. The van der Waals surface area contributed by atoms with Gasteiger partial charge in [-0.05, 0) is 44.0 Å². The molecule has 0 bridgehead atoms. The molecule has 134 valence electrons. The van der Waals surface area contributed by atoms with Crippen LogP contribution in [0.15, 0.2) is 36.7 Å². The van der Waals surface area contributed by atoms with Gasteiger partial charge < -0.3 is 21.1 Å². The number of aromatic nitrogens is 3. The Hall–Kier alpha value is -2.93. The summed E-state index contributed by atoms with van der Waals surface area (Å²) in [6.07, 6.45) is 3.89. The molecule has 1 aliphatic rings. The Morgan fingerprint density at radius 1 is 1.19 bits per heavy atom. The maximum atomic E-state index is 6.28. The van der Waals surface area contributed by atoms with Crippen LogP contribution in [-0.2, 0) is 4.74 Å². The molecule has 7 heteroatoms. The zero-order valence-corrected chi connectivity index (χ0v) is 14.7. The summed E-state index contributed by atoms with van der Waals surface area (Å²) >= 11 is 0. The van der Waals surface area contributed by atoms with E-state index in [-0.39, 0.29) is 6.10 Å². The largest absolute Gasteiger partial charge is 0.393 e. The van der Waals surface area contributed by atoms with Crippen molar-refractivity contribution in [1.82, 2.24) is 15.0 Å². The van der Waals surface area contributed by atoms with Gasteiger partial charge in [0.1, 0.15) is 12.0 Å². The Kier molecular flexibility index (Phi) is 4.53. The van der Waals surface area contributed by atoms with Gasteiger partial charge >= 0.3 is 0 Å². The number of hydrogen-bond acceptors (Lipinski definition) is 7. The smallest absolute Gasteiger partial charge is 0.159 e. The van der Waals surface area contributed by atoms with Crippen LogP contribution in [0.1, 0.15) is 18.5 Å². The Bertz CT molecular complexity index is 923. The number of pyridine rings is 1. The number of nitrogens with two attached hydrogens (primary N) is 1. The van der Waals surface area contributed by atoms with Crippen LogP contribution in [0.25, 0.3) is 10.9 Å². The molecule has 1 atom stereocenters. The monoisotopic (exact) mass is 350 g/mol. The van der Waals surface area contributed by atoms with Crippen LogP contribution in [0.2, 0.25) is 0 Å². The van der Waals surface area contributed by atoms with Crippen LogP contribution in [0.3, 0.4) is 0 Å². The Labute approximate surface area is 152 Å². The average molecular weight is 350 g/mol. The minimum absolute atomic E-state index is 0.216. The summed E-state index contributed by atoms with van der Waals surface area (Å²) in [5.74, 6) is 1.19. The molecule has 7 nitrogen and oxygen atoms in total. The van der Waals surface area contributed by atoms with Crippen molar-refractivity contribution in [2.24, 2.45) is 0 Å². The lowest BCUT2D eigenvalue weighted by Crippen LogP contribution is -2.20. The van der Waals surface area contributed by atoms with Gasteiger partial charge in [0.15, 0.2) is 11.6 Å². The zero-order chi connectivity index (χ0) is 17.9. The first kappa shape index (κ1) is 16.5. The second-order valence-corrected chi connectivity index (χ2v) is 6.45. The fourth-order valence-corrected chi connectivity index (χ4v) is 3.15. The molecule has 3 heterocycles. The Morgan fingerprint density at radius 2 is 2.08 bits per heavy atom. The Morgan fingerprint density at radius 3 is 2.92 bits per heavy atom. The summed E-state index contributed by atoms with van der Waals surface area (Å²) in [7, 11) is 0. The number of ether oxygens (including phenoxy) is 1. The van der Waals surface area contributed by atoms with Crippen molar-refractivity contribution < 1.29 is 4.74 Å². The highest BCUT2D eigenvalue weighted by Crippen LogP contribution is 2.30. The molecule has 1 unspecified atom stereocenters. The molecule has 1 aromatic carbocycles. The number of rotatable bonds is 5. The molecule has 0 spiro atoms. The topological polar surface area (TPSA) is 98.0 Å². The number of nitrogens with one attached hydrogen (secondary N) is 2. The van der Waals surface area contributed by atoms with Gasteiger partial charge in [-0.2, -0.15) is 0 Å². The highest BCUT2D eigenvalue weighted by molar-refractivity contribution is 5.94. The van der Waals surface area contributed by atoms with E-state index in [1.807, 2.05) is 37.3 Å². The molecule has 2 aromatic heterocycles. The van der Waals surface area contributed by atoms with Gasteiger partial charge in [0.05, 0.1) is 11.6 Å². The predicted octanol–water partition coefficient (Wildman–Crippen LogP) is 3.25. The van der Waals surface area contributed by atoms with Gasteiger partial charge in [0.25, 0.3) is 0 Å². The minimum atomic E-state index is 0.216. The molecule has 0 aliphatic carbocycles. The lowest BCUT2D eigenvalue weighted by Gasteiger charge is -2.15. The van der Waals surface area contributed by atoms with Crippen molar-refractivity contribution in [3.05, 3.63) is 42.4 Å². The van der Waals surface area contributed by atoms with E-state index < -0.39 is 0 Å². The van der Waals surface area contributed by atoms with Crippen LogP contribution in [0.5, 0.6) is 0 Å².